The zero-order valence-corrected chi connectivity index (χ0v) is 15.2. The Morgan fingerprint density at radius 3 is 2.83 bits per heavy atom. The predicted octanol–water partition coefficient (Wildman–Crippen LogP) is 5.14. The number of rotatable bonds is 3. The number of fused-ring (bicyclic) bond motifs is 1. The van der Waals surface area contributed by atoms with Crippen molar-refractivity contribution in [3.8, 4) is 11.5 Å². The Hall–Kier alpha value is -1.17. The van der Waals surface area contributed by atoms with Crippen molar-refractivity contribution in [2.45, 2.75) is 51.2 Å². The van der Waals surface area contributed by atoms with Crippen LogP contribution in [0.3, 0.4) is 0 Å². The molecule has 1 aromatic carbocycles. The number of piperidine rings is 1. The van der Waals surface area contributed by atoms with Gasteiger partial charge in [0.05, 0.1) is 17.3 Å². The summed E-state index contributed by atoms with van der Waals surface area (Å²) in [7, 11) is 0. The van der Waals surface area contributed by atoms with Gasteiger partial charge < -0.3 is 4.42 Å². The van der Waals surface area contributed by atoms with Gasteiger partial charge in [-0.25, -0.2) is 4.68 Å². The Morgan fingerprint density at radius 1 is 1.17 bits per heavy atom. The number of nitrogens with zero attached hydrogens (tertiary/aromatic N) is 3. The van der Waals surface area contributed by atoms with E-state index in [-0.39, 0.29) is 0 Å². The maximum Gasteiger partial charge on any atom is 0.288 e. The summed E-state index contributed by atoms with van der Waals surface area (Å²) in [5.41, 5.74) is 0.790. The summed E-state index contributed by atoms with van der Waals surface area (Å²) in [4.78, 5) is 2.96. The molecule has 4 nitrogen and oxygen atoms in total. The fourth-order valence-corrected chi connectivity index (χ4v) is 4.61. The lowest BCUT2D eigenvalue weighted by molar-refractivity contribution is 0.0318. The molecule has 4 rings (SSSR count). The van der Waals surface area contributed by atoms with Gasteiger partial charge in [0.2, 0.25) is 5.89 Å². The van der Waals surface area contributed by atoms with Gasteiger partial charge in [-0.1, -0.05) is 36.6 Å². The Kier molecular flexibility index (Phi) is 4.74. The van der Waals surface area contributed by atoms with E-state index in [0.29, 0.717) is 28.5 Å². The zero-order valence-electron chi connectivity index (χ0n) is 13.7. The molecule has 2 atom stereocenters. The number of hydrogen-bond acceptors (Lipinski definition) is 4. The Bertz CT molecular complexity index is 770. The van der Waals surface area contributed by atoms with Crippen molar-refractivity contribution < 1.29 is 4.42 Å². The minimum Gasteiger partial charge on any atom is -0.409 e. The quantitative estimate of drug-likeness (QED) is 0.707. The lowest BCUT2D eigenvalue weighted by atomic mass is 9.78. The van der Waals surface area contributed by atoms with Crippen LogP contribution in [0.15, 0.2) is 28.7 Å². The van der Waals surface area contributed by atoms with Crippen molar-refractivity contribution in [1.82, 2.24) is 14.7 Å². The summed E-state index contributed by atoms with van der Waals surface area (Å²) in [6, 6.07) is 8.25. The molecule has 2 aliphatic rings. The molecule has 1 aromatic heterocycles. The SMILES string of the molecule is S=c1oc(-c2ccccc2Cl)nn1CN1CCC[C@@H]2CCCC[C@H]21. The van der Waals surface area contributed by atoms with Gasteiger partial charge in [-0.2, -0.15) is 0 Å². The molecule has 0 N–H and O–H groups in total. The molecule has 1 aliphatic heterocycles. The first kappa shape index (κ1) is 16.3. The van der Waals surface area contributed by atoms with E-state index in [2.05, 4.69) is 10.00 Å². The third-order valence-corrected chi connectivity index (χ3v) is 6.01. The van der Waals surface area contributed by atoms with Crippen LogP contribution in [0, 0.1) is 10.8 Å². The van der Waals surface area contributed by atoms with Crippen molar-refractivity contribution in [3.05, 3.63) is 34.1 Å². The summed E-state index contributed by atoms with van der Waals surface area (Å²) in [6.07, 6.45) is 8.03. The molecule has 1 saturated heterocycles. The predicted molar refractivity (Wildman–Crippen MR) is 97.5 cm³/mol. The third kappa shape index (κ3) is 3.17. The van der Waals surface area contributed by atoms with Crippen molar-refractivity contribution in [3.63, 3.8) is 0 Å². The minimum absolute atomic E-state index is 0.419. The van der Waals surface area contributed by atoms with Crippen molar-refractivity contribution >= 4 is 23.8 Å². The van der Waals surface area contributed by atoms with Gasteiger partial charge in [0, 0.05) is 12.6 Å². The highest BCUT2D eigenvalue weighted by molar-refractivity contribution is 7.71. The molecule has 24 heavy (non-hydrogen) atoms. The monoisotopic (exact) mass is 363 g/mol. The number of halogens is 1. The summed E-state index contributed by atoms with van der Waals surface area (Å²) in [6.45, 7) is 1.84. The summed E-state index contributed by atoms with van der Waals surface area (Å²) in [5, 5.41) is 5.22. The second kappa shape index (κ2) is 6.98. The van der Waals surface area contributed by atoms with Crippen molar-refractivity contribution in [1.29, 1.82) is 0 Å². The standard InChI is InChI=1S/C18H22ClN3OS/c19-15-9-3-2-8-14(15)17-20-22(18(24)23-17)12-21-11-5-7-13-6-1-4-10-16(13)21/h2-3,8-9,13,16H,1,4-7,10-12H2/t13-,16+/m0/s1. The molecule has 6 heteroatoms. The highest BCUT2D eigenvalue weighted by Crippen LogP contribution is 2.35. The number of benzene rings is 1. The van der Waals surface area contributed by atoms with Crippen LogP contribution >= 0.6 is 23.8 Å². The fourth-order valence-electron chi connectivity index (χ4n) is 4.21. The molecule has 0 unspecified atom stereocenters. The summed E-state index contributed by atoms with van der Waals surface area (Å²) in [5.74, 6) is 1.35. The van der Waals surface area contributed by atoms with Gasteiger partial charge in [-0.05, 0) is 56.0 Å². The van der Waals surface area contributed by atoms with Crippen LogP contribution < -0.4 is 0 Å². The normalized spacial score (nSPS) is 24.7. The smallest absolute Gasteiger partial charge is 0.288 e. The lowest BCUT2D eigenvalue weighted by Crippen LogP contribution is -2.47. The molecule has 0 radical (unpaired) electrons. The van der Waals surface area contributed by atoms with Crippen LogP contribution in [0.25, 0.3) is 11.5 Å². The van der Waals surface area contributed by atoms with E-state index >= 15 is 0 Å². The van der Waals surface area contributed by atoms with Gasteiger partial charge in [0.15, 0.2) is 0 Å². The molecule has 2 aromatic rings. The van der Waals surface area contributed by atoms with E-state index in [1.165, 1.54) is 38.5 Å². The second-order valence-electron chi connectivity index (χ2n) is 6.86. The van der Waals surface area contributed by atoms with Crippen molar-refractivity contribution in [2.75, 3.05) is 6.54 Å². The summed E-state index contributed by atoms with van der Waals surface area (Å²) >= 11 is 11.6. The Balaban J connectivity index is 1.57. The first-order chi connectivity index (χ1) is 11.7. The molecular formula is C18H22ClN3OS. The molecular weight excluding hydrogens is 342 g/mol. The largest absolute Gasteiger partial charge is 0.409 e. The number of likely N-dealkylation sites (tertiary alicyclic amines) is 1. The van der Waals surface area contributed by atoms with Crippen LogP contribution in [0.5, 0.6) is 0 Å². The lowest BCUT2D eigenvalue weighted by Gasteiger charge is -2.43. The summed E-state index contributed by atoms with van der Waals surface area (Å²) < 4.78 is 7.53. The fraction of sp³-hybridized carbons (Fsp3) is 0.556. The third-order valence-electron chi connectivity index (χ3n) is 5.38. The highest BCUT2D eigenvalue weighted by Gasteiger charge is 2.33. The Labute approximate surface area is 152 Å². The molecule has 2 heterocycles. The van der Waals surface area contributed by atoms with Gasteiger partial charge in [0.1, 0.15) is 0 Å². The molecule has 0 spiro atoms. The topological polar surface area (TPSA) is 34.2 Å². The highest BCUT2D eigenvalue weighted by atomic mass is 35.5. The first-order valence-corrected chi connectivity index (χ1v) is 9.58. The van der Waals surface area contributed by atoms with E-state index in [1.54, 1.807) is 0 Å². The van der Waals surface area contributed by atoms with E-state index in [4.69, 9.17) is 28.2 Å². The van der Waals surface area contributed by atoms with Gasteiger partial charge in [0.25, 0.3) is 4.84 Å². The van der Waals surface area contributed by atoms with Crippen molar-refractivity contribution in [2.24, 2.45) is 5.92 Å². The second-order valence-corrected chi connectivity index (χ2v) is 7.62. The Morgan fingerprint density at radius 2 is 1.96 bits per heavy atom. The van der Waals surface area contributed by atoms with E-state index in [1.807, 2.05) is 28.9 Å². The first-order valence-electron chi connectivity index (χ1n) is 8.79. The average Bonchev–Trinajstić information content (AvgIpc) is 2.96. The average molecular weight is 364 g/mol. The van der Waals surface area contributed by atoms with Gasteiger partial charge in [-0.3, -0.25) is 4.90 Å². The van der Waals surface area contributed by atoms with E-state index in [0.717, 1.165) is 18.0 Å². The minimum atomic E-state index is 0.419. The number of aromatic nitrogens is 2. The van der Waals surface area contributed by atoms with Gasteiger partial charge in [-0.15, -0.1) is 5.10 Å². The molecule has 0 amide bonds. The van der Waals surface area contributed by atoms with Crippen LogP contribution in [0.2, 0.25) is 5.02 Å². The molecule has 1 aliphatic carbocycles. The number of hydrogen-bond donors (Lipinski definition) is 0. The van der Waals surface area contributed by atoms with Crippen LogP contribution in [-0.2, 0) is 6.67 Å². The maximum atomic E-state index is 6.25. The van der Waals surface area contributed by atoms with E-state index in [9.17, 15) is 0 Å². The molecule has 2 fully saturated rings. The molecule has 128 valence electrons. The molecule has 1 saturated carbocycles. The molecule has 0 bridgehead atoms. The van der Waals surface area contributed by atoms with E-state index < -0.39 is 0 Å². The van der Waals surface area contributed by atoms with Gasteiger partial charge >= 0.3 is 0 Å². The van der Waals surface area contributed by atoms with Crippen LogP contribution in [0.1, 0.15) is 38.5 Å². The van der Waals surface area contributed by atoms with Crippen LogP contribution in [-0.4, -0.2) is 27.3 Å². The zero-order chi connectivity index (χ0) is 16.5. The maximum absolute atomic E-state index is 6.25. The van der Waals surface area contributed by atoms with Crippen LogP contribution in [0.4, 0.5) is 0 Å².